The van der Waals surface area contributed by atoms with Crippen LogP contribution in [0.4, 0.5) is 21.9 Å². The van der Waals surface area contributed by atoms with Crippen LogP contribution in [0.3, 0.4) is 0 Å². The van der Waals surface area contributed by atoms with E-state index in [4.69, 9.17) is 11.6 Å². The van der Waals surface area contributed by atoms with Gasteiger partial charge >= 0.3 is 6.03 Å². The molecule has 0 aromatic heterocycles. The molecule has 2 aromatic carbocycles. The first-order chi connectivity index (χ1) is 11.4. The predicted molar refractivity (Wildman–Crippen MR) is 102 cm³/mol. The van der Waals surface area contributed by atoms with Gasteiger partial charge in [-0.15, -0.1) is 0 Å². The Morgan fingerprint density at radius 2 is 1.50 bits per heavy atom. The minimum absolute atomic E-state index is 0.254. The zero-order chi connectivity index (χ0) is 17.7. The van der Waals surface area contributed by atoms with Gasteiger partial charge in [-0.1, -0.05) is 17.7 Å². The van der Waals surface area contributed by atoms with Gasteiger partial charge in [0.1, 0.15) is 0 Å². The number of rotatable bonds is 5. The second kappa shape index (κ2) is 7.93. The molecular formula is C18H23ClN4O. The Morgan fingerprint density at radius 1 is 0.958 bits per heavy atom. The topological polar surface area (TPSA) is 47.6 Å². The molecule has 5 nitrogen and oxygen atoms in total. The first kappa shape index (κ1) is 17.9. The molecule has 6 heteroatoms. The van der Waals surface area contributed by atoms with Crippen molar-refractivity contribution in [1.82, 2.24) is 5.32 Å². The van der Waals surface area contributed by atoms with Crippen LogP contribution in [0.5, 0.6) is 0 Å². The number of anilines is 3. The fourth-order valence-electron chi connectivity index (χ4n) is 2.46. The van der Waals surface area contributed by atoms with Gasteiger partial charge in [0, 0.05) is 62.4 Å². The van der Waals surface area contributed by atoms with Crippen molar-refractivity contribution >= 4 is 34.7 Å². The van der Waals surface area contributed by atoms with E-state index >= 15 is 0 Å². The van der Waals surface area contributed by atoms with Gasteiger partial charge in [-0.25, -0.2) is 4.79 Å². The zero-order valence-corrected chi connectivity index (χ0v) is 15.2. The first-order valence-corrected chi connectivity index (χ1v) is 8.03. The molecule has 0 saturated carbocycles. The zero-order valence-electron chi connectivity index (χ0n) is 14.4. The smallest absolute Gasteiger partial charge is 0.319 e. The third-order valence-corrected chi connectivity index (χ3v) is 3.87. The molecule has 0 unspecified atom stereocenters. The number of amides is 2. The maximum atomic E-state index is 12.2. The van der Waals surface area contributed by atoms with Gasteiger partial charge in [0.2, 0.25) is 0 Å². The predicted octanol–water partition coefficient (Wildman–Crippen LogP) is 3.79. The Hall–Kier alpha value is -2.40. The van der Waals surface area contributed by atoms with Gasteiger partial charge in [0.15, 0.2) is 0 Å². The van der Waals surface area contributed by atoms with E-state index in [1.54, 1.807) is 24.3 Å². The molecule has 0 aliphatic rings. The maximum Gasteiger partial charge on any atom is 0.319 e. The Balaban J connectivity index is 2.10. The van der Waals surface area contributed by atoms with E-state index in [2.05, 4.69) is 10.6 Å². The van der Waals surface area contributed by atoms with E-state index in [0.29, 0.717) is 17.3 Å². The summed E-state index contributed by atoms with van der Waals surface area (Å²) >= 11 is 5.85. The molecule has 128 valence electrons. The molecule has 2 aromatic rings. The standard InChI is InChI=1S/C18H23ClN4O/c1-22(2)16-6-5-7-17(23(3)4)15(16)12-20-18(24)21-14-10-8-13(19)9-11-14/h5-11H,12H2,1-4H3,(H2,20,21,24). The van der Waals surface area contributed by atoms with Crippen molar-refractivity contribution in [3.05, 3.63) is 53.1 Å². The van der Waals surface area contributed by atoms with Crippen LogP contribution in [0, 0.1) is 0 Å². The molecule has 0 radical (unpaired) electrons. The highest BCUT2D eigenvalue weighted by atomic mass is 35.5. The fraction of sp³-hybridized carbons (Fsp3) is 0.278. The molecule has 0 saturated heterocycles. The number of hydrogen-bond acceptors (Lipinski definition) is 3. The van der Waals surface area contributed by atoms with Gasteiger partial charge in [-0.05, 0) is 36.4 Å². The monoisotopic (exact) mass is 346 g/mol. The fourth-order valence-corrected chi connectivity index (χ4v) is 2.59. The number of benzene rings is 2. The van der Waals surface area contributed by atoms with Gasteiger partial charge < -0.3 is 20.4 Å². The largest absolute Gasteiger partial charge is 0.377 e. The van der Waals surface area contributed by atoms with Crippen LogP contribution in [0.1, 0.15) is 5.56 Å². The molecule has 0 aliphatic heterocycles. The van der Waals surface area contributed by atoms with Gasteiger partial charge in [-0.3, -0.25) is 0 Å². The van der Waals surface area contributed by atoms with Crippen molar-refractivity contribution in [2.24, 2.45) is 0 Å². The third-order valence-electron chi connectivity index (χ3n) is 3.62. The first-order valence-electron chi connectivity index (χ1n) is 7.65. The average Bonchev–Trinajstić information content (AvgIpc) is 2.54. The van der Waals surface area contributed by atoms with Crippen LogP contribution in [-0.4, -0.2) is 34.2 Å². The highest BCUT2D eigenvalue weighted by molar-refractivity contribution is 6.30. The molecule has 2 amide bonds. The molecule has 0 aliphatic carbocycles. The van der Waals surface area contributed by atoms with Crippen molar-refractivity contribution in [2.75, 3.05) is 43.3 Å². The summed E-state index contributed by atoms with van der Waals surface area (Å²) < 4.78 is 0. The Bertz CT molecular complexity index is 672. The van der Waals surface area contributed by atoms with E-state index in [1.165, 1.54) is 0 Å². The molecule has 2 rings (SSSR count). The Labute approximate surface area is 148 Å². The maximum absolute atomic E-state index is 12.2. The minimum atomic E-state index is -0.254. The van der Waals surface area contributed by atoms with Crippen molar-refractivity contribution in [3.8, 4) is 0 Å². The van der Waals surface area contributed by atoms with E-state index in [-0.39, 0.29) is 6.03 Å². The number of hydrogen-bond donors (Lipinski definition) is 2. The van der Waals surface area contributed by atoms with Crippen LogP contribution in [0.15, 0.2) is 42.5 Å². The average molecular weight is 347 g/mol. The number of urea groups is 1. The summed E-state index contributed by atoms with van der Waals surface area (Å²) in [4.78, 5) is 16.2. The molecule has 24 heavy (non-hydrogen) atoms. The van der Waals surface area contributed by atoms with Crippen LogP contribution in [0.2, 0.25) is 5.02 Å². The quantitative estimate of drug-likeness (QED) is 0.865. The highest BCUT2D eigenvalue weighted by Gasteiger charge is 2.12. The minimum Gasteiger partial charge on any atom is -0.377 e. The third kappa shape index (κ3) is 4.55. The number of halogens is 1. The number of carbonyl (C=O) groups excluding carboxylic acids is 1. The number of nitrogens with one attached hydrogen (secondary N) is 2. The molecule has 0 bridgehead atoms. The van der Waals surface area contributed by atoms with Crippen LogP contribution in [0.25, 0.3) is 0 Å². The van der Waals surface area contributed by atoms with Crippen LogP contribution < -0.4 is 20.4 Å². The lowest BCUT2D eigenvalue weighted by Crippen LogP contribution is -2.29. The van der Waals surface area contributed by atoms with E-state index in [1.807, 2.05) is 56.2 Å². The summed E-state index contributed by atoms with van der Waals surface area (Å²) in [6, 6.07) is 12.9. The normalized spacial score (nSPS) is 10.2. The number of carbonyl (C=O) groups is 1. The van der Waals surface area contributed by atoms with Crippen LogP contribution in [-0.2, 0) is 6.54 Å². The summed E-state index contributed by atoms with van der Waals surface area (Å²) in [5, 5.41) is 6.35. The van der Waals surface area contributed by atoms with Crippen molar-refractivity contribution < 1.29 is 4.79 Å². The molecule has 0 spiro atoms. The van der Waals surface area contributed by atoms with E-state index < -0.39 is 0 Å². The molecule has 2 N–H and O–H groups in total. The highest BCUT2D eigenvalue weighted by Crippen LogP contribution is 2.28. The Kier molecular flexibility index (Phi) is 5.93. The molecular weight excluding hydrogens is 324 g/mol. The van der Waals surface area contributed by atoms with Crippen molar-refractivity contribution in [1.29, 1.82) is 0 Å². The van der Waals surface area contributed by atoms with Gasteiger partial charge in [0.05, 0.1) is 0 Å². The summed E-state index contributed by atoms with van der Waals surface area (Å²) in [5.74, 6) is 0. The van der Waals surface area contributed by atoms with Crippen molar-refractivity contribution in [3.63, 3.8) is 0 Å². The van der Waals surface area contributed by atoms with Crippen molar-refractivity contribution in [2.45, 2.75) is 6.54 Å². The summed E-state index contributed by atoms with van der Waals surface area (Å²) in [6.45, 7) is 0.432. The molecule has 0 fully saturated rings. The summed E-state index contributed by atoms with van der Waals surface area (Å²) in [5.41, 5.74) is 3.92. The SMILES string of the molecule is CN(C)c1cccc(N(C)C)c1CNC(=O)Nc1ccc(Cl)cc1. The number of nitrogens with zero attached hydrogens (tertiary/aromatic N) is 2. The lowest BCUT2D eigenvalue weighted by molar-refractivity contribution is 0.252. The molecule has 0 heterocycles. The van der Waals surface area contributed by atoms with Gasteiger partial charge in [-0.2, -0.15) is 0 Å². The Morgan fingerprint density at radius 3 is 2.00 bits per heavy atom. The second-order valence-electron chi connectivity index (χ2n) is 5.88. The second-order valence-corrected chi connectivity index (χ2v) is 6.31. The van der Waals surface area contributed by atoms with E-state index in [9.17, 15) is 4.79 Å². The molecule has 0 atom stereocenters. The summed E-state index contributed by atoms with van der Waals surface area (Å²) in [6.07, 6.45) is 0. The lowest BCUT2D eigenvalue weighted by Gasteiger charge is -2.24. The van der Waals surface area contributed by atoms with Crippen LogP contribution >= 0.6 is 11.6 Å². The van der Waals surface area contributed by atoms with E-state index in [0.717, 1.165) is 16.9 Å². The van der Waals surface area contributed by atoms with Gasteiger partial charge in [0.25, 0.3) is 0 Å². The lowest BCUT2D eigenvalue weighted by atomic mass is 10.1. The summed E-state index contributed by atoms with van der Waals surface area (Å²) in [7, 11) is 7.97.